The second-order valence-electron chi connectivity index (χ2n) is 6.13. The van der Waals surface area contributed by atoms with Crippen LogP contribution in [0.15, 0.2) is 59.8 Å². The molecular weight excluding hydrogens is 384 g/mol. The van der Waals surface area contributed by atoms with Crippen LogP contribution in [-0.2, 0) is 10.1 Å². The van der Waals surface area contributed by atoms with Gasteiger partial charge in [0.2, 0.25) is 5.16 Å². The summed E-state index contributed by atoms with van der Waals surface area (Å²) >= 11 is 1.26. The third-order valence-corrected chi connectivity index (χ3v) is 6.11. The highest BCUT2D eigenvalue weighted by Gasteiger charge is 2.15. The molecule has 3 rings (SSSR count). The third kappa shape index (κ3) is 5.30. The first-order chi connectivity index (χ1) is 12.9. The van der Waals surface area contributed by atoms with Crippen LogP contribution in [0, 0.1) is 0 Å². The van der Waals surface area contributed by atoms with Crippen LogP contribution in [0.25, 0.3) is 5.69 Å². The maximum absolute atomic E-state index is 12.1. The van der Waals surface area contributed by atoms with E-state index in [1.807, 2.05) is 24.3 Å². The molecule has 0 unspecified atom stereocenters. The smallest absolute Gasteiger partial charge is 0.310 e. The zero-order valence-electron chi connectivity index (χ0n) is 15.0. The molecule has 0 N–H and O–H groups in total. The molecule has 1 heterocycles. The van der Waals surface area contributed by atoms with Crippen LogP contribution < -0.4 is 4.18 Å². The molecule has 0 atom stereocenters. The Balaban J connectivity index is 1.62. The van der Waals surface area contributed by atoms with Gasteiger partial charge in [-0.15, -0.1) is 5.10 Å². The van der Waals surface area contributed by atoms with E-state index in [1.165, 1.54) is 17.3 Å². The van der Waals surface area contributed by atoms with Gasteiger partial charge in [0.1, 0.15) is 5.75 Å². The monoisotopic (exact) mass is 404 g/mol. The first-order valence-corrected chi connectivity index (χ1v) is 11.0. The number of thioether (sulfide) groups is 1. The lowest BCUT2D eigenvalue weighted by molar-refractivity contribution is 0.488. The Morgan fingerprint density at radius 3 is 2.44 bits per heavy atom. The van der Waals surface area contributed by atoms with Gasteiger partial charge in [-0.3, -0.25) is 0 Å². The molecule has 0 aliphatic rings. The molecule has 0 amide bonds. The van der Waals surface area contributed by atoms with Gasteiger partial charge in [0.25, 0.3) is 0 Å². The second kappa shape index (κ2) is 8.53. The second-order valence-corrected chi connectivity index (χ2v) is 8.88. The molecule has 27 heavy (non-hydrogen) atoms. The molecule has 0 radical (unpaired) electrons. The molecule has 0 saturated carbocycles. The summed E-state index contributed by atoms with van der Waals surface area (Å²) in [5.74, 6) is 0.875. The van der Waals surface area contributed by atoms with Crippen molar-refractivity contribution in [1.29, 1.82) is 0 Å². The highest BCUT2D eigenvalue weighted by Crippen LogP contribution is 2.21. The zero-order chi connectivity index (χ0) is 19.3. The lowest BCUT2D eigenvalue weighted by Crippen LogP contribution is -2.15. The fraction of sp³-hybridized carbons (Fsp3) is 0.278. The van der Waals surface area contributed by atoms with E-state index >= 15 is 0 Å². The van der Waals surface area contributed by atoms with E-state index in [4.69, 9.17) is 4.18 Å². The van der Waals surface area contributed by atoms with Crippen LogP contribution in [0.4, 0.5) is 0 Å². The number of aromatic nitrogens is 4. The number of benzene rings is 2. The largest absolute Gasteiger partial charge is 0.382 e. The van der Waals surface area contributed by atoms with Gasteiger partial charge in [0.15, 0.2) is 0 Å². The molecule has 0 fully saturated rings. The maximum atomic E-state index is 12.1. The minimum atomic E-state index is -3.68. The number of hydrogen-bond donors (Lipinski definition) is 0. The molecule has 2 aromatic carbocycles. The van der Waals surface area contributed by atoms with Crippen LogP contribution in [0.2, 0.25) is 0 Å². The summed E-state index contributed by atoms with van der Waals surface area (Å²) in [5, 5.41) is 12.2. The molecule has 0 aliphatic carbocycles. The Labute approximate surface area is 162 Å². The first kappa shape index (κ1) is 19.4. The minimum Gasteiger partial charge on any atom is -0.382 e. The van der Waals surface area contributed by atoms with E-state index in [2.05, 4.69) is 29.4 Å². The topological polar surface area (TPSA) is 87.0 Å². The molecule has 0 aliphatic heterocycles. The van der Waals surface area contributed by atoms with Crippen molar-refractivity contribution in [2.24, 2.45) is 0 Å². The highest BCUT2D eigenvalue weighted by atomic mass is 32.2. The number of para-hydroxylation sites is 1. The van der Waals surface area contributed by atoms with E-state index in [-0.39, 0.29) is 11.5 Å². The summed E-state index contributed by atoms with van der Waals surface area (Å²) < 4.78 is 30.9. The Hall–Kier alpha value is -2.39. The molecule has 9 heteroatoms. The van der Waals surface area contributed by atoms with E-state index in [1.54, 1.807) is 35.0 Å². The van der Waals surface area contributed by atoms with Gasteiger partial charge in [-0.1, -0.05) is 55.9 Å². The van der Waals surface area contributed by atoms with Crippen LogP contribution in [0.3, 0.4) is 0 Å². The Morgan fingerprint density at radius 2 is 1.78 bits per heavy atom. The van der Waals surface area contributed by atoms with Gasteiger partial charge < -0.3 is 4.18 Å². The summed E-state index contributed by atoms with van der Waals surface area (Å²) in [6.45, 7) is 4.26. The molecule has 3 aromatic rings. The minimum absolute atomic E-state index is 0.147. The molecule has 0 bridgehead atoms. The van der Waals surface area contributed by atoms with Gasteiger partial charge in [-0.25, -0.2) is 0 Å². The Kier molecular flexibility index (Phi) is 6.12. The molecule has 142 valence electrons. The van der Waals surface area contributed by atoms with Gasteiger partial charge in [0.05, 0.1) is 11.4 Å². The molecule has 0 saturated heterocycles. The van der Waals surface area contributed by atoms with E-state index in [9.17, 15) is 8.42 Å². The van der Waals surface area contributed by atoms with Crippen LogP contribution >= 0.6 is 11.8 Å². The number of nitrogens with zero attached hydrogens (tertiary/aromatic N) is 4. The van der Waals surface area contributed by atoms with Crippen LogP contribution in [-0.4, -0.2) is 40.1 Å². The van der Waals surface area contributed by atoms with Gasteiger partial charge in [0, 0.05) is 5.75 Å². The number of hydrogen-bond acceptors (Lipinski definition) is 7. The van der Waals surface area contributed by atoms with Gasteiger partial charge >= 0.3 is 10.1 Å². The number of tetrazole rings is 1. The standard InChI is InChI=1S/C18H20N4O3S2/c1-14(2)15-8-10-16(11-9-15)22-18(19-20-21-22)26-12-13-27(23,24)25-17-6-4-3-5-7-17/h3-11,14H,12-13H2,1-2H3. The van der Waals surface area contributed by atoms with Crippen LogP contribution in [0.1, 0.15) is 25.3 Å². The van der Waals surface area contributed by atoms with Crippen molar-refractivity contribution in [2.75, 3.05) is 11.5 Å². The lowest BCUT2D eigenvalue weighted by atomic mass is 10.0. The third-order valence-electron chi connectivity index (χ3n) is 3.78. The van der Waals surface area contributed by atoms with Crippen molar-refractivity contribution in [3.05, 3.63) is 60.2 Å². The summed E-state index contributed by atoms with van der Waals surface area (Å²) in [6.07, 6.45) is 0. The summed E-state index contributed by atoms with van der Waals surface area (Å²) in [4.78, 5) is 0. The average molecular weight is 405 g/mol. The molecule has 1 aromatic heterocycles. The Bertz CT molecular complexity index is 971. The maximum Gasteiger partial charge on any atom is 0.310 e. The lowest BCUT2D eigenvalue weighted by Gasteiger charge is -2.08. The van der Waals surface area contributed by atoms with Gasteiger partial charge in [-0.2, -0.15) is 13.1 Å². The summed E-state index contributed by atoms with van der Waals surface area (Å²) in [7, 11) is -3.68. The molecular formula is C18H20N4O3S2. The van der Waals surface area contributed by atoms with Crippen molar-refractivity contribution in [3.63, 3.8) is 0 Å². The van der Waals surface area contributed by atoms with Gasteiger partial charge in [-0.05, 0) is 46.2 Å². The van der Waals surface area contributed by atoms with E-state index in [0.29, 0.717) is 16.8 Å². The fourth-order valence-corrected chi connectivity index (χ4v) is 4.51. The Morgan fingerprint density at radius 1 is 1.07 bits per heavy atom. The van der Waals surface area contributed by atoms with Crippen molar-refractivity contribution >= 4 is 21.9 Å². The van der Waals surface area contributed by atoms with Crippen molar-refractivity contribution < 1.29 is 12.6 Å². The number of rotatable bonds is 8. The van der Waals surface area contributed by atoms with Crippen molar-refractivity contribution in [1.82, 2.24) is 20.2 Å². The molecule has 0 spiro atoms. The van der Waals surface area contributed by atoms with E-state index in [0.717, 1.165) is 5.69 Å². The van der Waals surface area contributed by atoms with Crippen molar-refractivity contribution in [2.45, 2.75) is 24.9 Å². The fourth-order valence-electron chi connectivity index (χ4n) is 2.33. The first-order valence-electron chi connectivity index (χ1n) is 8.43. The SMILES string of the molecule is CC(C)c1ccc(-n2nnnc2SCCS(=O)(=O)Oc2ccccc2)cc1. The predicted molar refractivity (Wildman–Crippen MR) is 105 cm³/mol. The quantitative estimate of drug-likeness (QED) is 0.420. The summed E-state index contributed by atoms with van der Waals surface area (Å²) in [5.41, 5.74) is 2.06. The summed E-state index contributed by atoms with van der Waals surface area (Å²) in [6, 6.07) is 16.4. The zero-order valence-corrected chi connectivity index (χ0v) is 16.7. The highest BCUT2D eigenvalue weighted by molar-refractivity contribution is 8.00. The van der Waals surface area contributed by atoms with Crippen LogP contribution in [0.5, 0.6) is 5.75 Å². The predicted octanol–water partition coefficient (Wildman–Crippen LogP) is 3.29. The van der Waals surface area contributed by atoms with Crippen molar-refractivity contribution in [3.8, 4) is 11.4 Å². The normalized spacial score (nSPS) is 11.7. The van der Waals surface area contributed by atoms with E-state index < -0.39 is 10.1 Å². The average Bonchev–Trinajstić information content (AvgIpc) is 3.10. The molecule has 7 nitrogen and oxygen atoms in total.